The quantitative estimate of drug-likeness (QED) is 0.786. The number of carbonyl (C=O) groups excluding carboxylic acids is 1. The van der Waals surface area contributed by atoms with E-state index in [1.165, 1.54) is 12.8 Å². The third-order valence-corrected chi connectivity index (χ3v) is 5.34. The monoisotopic (exact) mass is 346 g/mol. The zero-order valence-corrected chi connectivity index (χ0v) is 15.4. The van der Waals surface area contributed by atoms with Gasteiger partial charge in [0.15, 0.2) is 0 Å². The summed E-state index contributed by atoms with van der Waals surface area (Å²) in [5, 5.41) is 3.66. The van der Waals surface area contributed by atoms with Crippen molar-refractivity contribution in [2.75, 3.05) is 33.9 Å². The Morgan fingerprint density at radius 1 is 1.16 bits per heavy atom. The standard InChI is InChI=1S/C20H30N2O3/c1-24-18-6-7-19(25-2)16(13-18)5-8-20(23)22-11-9-17(10-12-22)21-14-15-3-4-15/h6-7,13,15,17,21H,3-5,8-12,14H2,1-2H3. The van der Waals surface area contributed by atoms with E-state index in [4.69, 9.17) is 9.47 Å². The van der Waals surface area contributed by atoms with Crippen LogP contribution in [0.5, 0.6) is 11.5 Å². The van der Waals surface area contributed by atoms with Gasteiger partial charge in [-0.05, 0) is 68.3 Å². The highest BCUT2D eigenvalue weighted by Gasteiger charge is 2.25. The van der Waals surface area contributed by atoms with Crippen LogP contribution < -0.4 is 14.8 Å². The number of amides is 1. The summed E-state index contributed by atoms with van der Waals surface area (Å²) < 4.78 is 10.7. The molecular formula is C20H30N2O3. The van der Waals surface area contributed by atoms with Crippen molar-refractivity contribution in [2.24, 2.45) is 5.92 Å². The van der Waals surface area contributed by atoms with Gasteiger partial charge in [0.2, 0.25) is 5.91 Å². The van der Waals surface area contributed by atoms with Crippen molar-refractivity contribution in [2.45, 2.75) is 44.6 Å². The van der Waals surface area contributed by atoms with Crippen molar-refractivity contribution in [3.8, 4) is 11.5 Å². The van der Waals surface area contributed by atoms with Crippen LogP contribution in [0.4, 0.5) is 0 Å². The summed E-state index contributed by atoms with van der Waals surface area (Å²) in [5.74, 6) is 2.77. The smallest absolute Gasteiger partial charge is 0.222 e. The number of methoxy groups -OCH3 is 2. The lowest BCUT2D eigenvalue weighted by Crippen LogP contribution is -2.45. The maximum Gasteiger partial charge on any atom is 0.222 e. The largest absolute Gasteiger partial charge is 0.497 e. The average Bonchev–Trinajstić information content (AvgIpc) is 3.49. The summed E-state index contributed by atoms with van der Waals surface area (Å²) in [4.78, 5) is 14.6. The molecule has 138 valence electrons. The number of piperidine rings is 1. The zero-order valence-electron chi connectivity index (χ0n) is 15.4. The highest BCUT2D eigenvalue weighted by Crippen LogP contribution is 2.28. The maximum atomic E-state index is 12.5. The molecule has 2 fully saturated rings. The van der Waals surface area contributed by atoms with Crippen LogP contribution in [0.2, 0.25) is 0 Å². The fourth-order valence-corrected chi connectivity index (χ4v) is 3.47. The fourth-order valence-electron chi connectivity index (χ4n) is 3.47. The highest BCUT2D eigenvalue weighted by molar-refractivity contribution is 5.76. The second-order valence-corrected chi connectivity index (χ2v) is 7.18. The average molecular weight is 346 g/mol. The molecule has 0 atom stereocenters. The fraction of sp³-hybridized carbons (Fsp3) is 0.650. The molecule has 0 radical (unpaired) electrons. The van der Waals surface area contributed by atoms with Gasteiger partial charge in [-0.3, -0.25) is 4.79 Å². The Labute approximate surface area is 150 Å². The van der Waals surface area contributed by atoms with E-state index in [2.05, 4.69) is 5.32 Å². The number of aryl methyl sites for hydroxylation is 1. The number of rotatable bonds is 8. The van der Waals surface area contributed by atoms with Crippen LogP contribution in [0.15, 0.2) is 18.2 Å². The Kier molecular flexibility index (Phi) is 6.19. The van der Waals surface area contributed by atoms with E-state index >= 15 is 0 Å². The Hall–Kier alpha value is -1.75. The van der Waals surface area contributed by atoms with E-state index in [1.807, 2.05) is 23.1 Å². The molecule has 1 aliphatic carbocycles. The first-order chi connectivity index (χ1) is 12.2. The van der Waals surface area contributed by atoms with Crippen LogP contribution in [-0.2, 0) is 11.2 Å². The first-order valence-electron chi connectivity index (χ1n) is 9.41. The predicted octanol–water partition coefficient (Wildman–Crippen LogP) is 2.63. The number of likely N-dealkylation sites (tertiary alicyclic amines) is 1. The normalized spacial score (nSPS) is 18.2. The topological polar surface area (TPSA) is 50.8 Å². The van der Waals surface area contributed by atoms with Gasteiger partial charge in [-0.15, -0.1) is 0 Å². The Balaban J connectivity index is 1.45. The molecule has 25 heavy (non-hydrogen) atoms. The van der Waals surface area contributed by atoms with Gasteiger partial charge in [0.05, 0.1) is 14.2 Å². The zero-order chi connectivity index (χ0) is 17.6. The maximum absolute atomic E-state index is 12.5. The van der Waals surface area contributed by atoms with E-state index in [-0.39, 0.29) is 5.91 Å². The number of ether oxygens (including phenoxy) is 2. The Bertz CT molecular complexity index is 578. The Morgan fingerprint density at radius 3 is 2.56 bits per heavy atom. The van der Waals surface area contributed by atoms with E-state index in [1.54, 1.807) is 14.2 Å². The van der Waals surface area contributed by atoms with E-state index in [0.29, 0.717) is 18.9 Å². The number of nitrogens with zero attached hydrogens (tertiary/aromatic N) is 1. The minimum absolute atomic E-state index is 0.241. The number of hydrogen-bond acceptors (Lipinski definition) is 4. The molecule has 1 saturated carbocycles. The van der Waals surface area contributed by atoms with Crippen molar-refractivity contribution in [1.29, 1.82) is 0 Å². The second kappa shape index (κ2) is 8.56. The molecule has 1 saturated heterocycles. The lowest BCUT2D eigenvalue weighted by Gasteiger charge is -2.32. The lowest BCUT2D eigenvalue weighted by molar-refractivity contribution is -0.132. The molecule has 1 aromatic carbocycles. The van der Waals surface area contributed by atoms with Gasteiger partial charge in [-0.2, -0.15) is 0 Å². The minimum atomic E-state index is 0.241. The SMILES string of the molecule is COc1ccc(OC)c(CCC(=O)N2CCC(NCC3CC3)CC2)c1. The van der Waals surface area contributed by atoms with Gasteiger partial charge < -0.3 is 19.7 Å². The van der Waals surface area contributed by atoms with Crippen LogP contribution in [0.3, 0.4) is 0 Å². The molecule has 5 heteroatoms. The molecule has 1 amide bonds. The number of nitrogens with one attached hydrogen (secondary N) is 1. The molecule has 1 N–H and O–H groups in total. The number of carbonyl (C=O) groups is 1. The van der Waals surface area contributed by atoms with Gasteiger partial charge in [0.25, 0.3) is 0 Å². The molecule has 0 bridgehead atoms. The Morgan fingerprint density at radius 2 is 1.92 bits per heavy atom. The van der Waals surface area contributed by atoms with Crippen LogP contribution in [-0.4, -0.2) is 50.7 Å². The molecule has 1 aliphatic heterocycles. The summed E-state index contributed by atoms with van der Waals surface area (Å²) in [6.45, 7) is 2.90. The van der Waals surface area contributed by atoms with Crippen molar-refractivity contribution in [3.05, 3.63) is 23.8 Å². The van der Waals surface area contributed by atoms with E-state index in [9.17, 15) is 4.79 Å². The summed E-state index contributed by atoms with van der Waals surface area (Å²) in [6.07, 6.45) is 6.11. The van der Waals surface area contributed by atoms with Crippen molar-refractivity contribution in [1.82, 2.24) is 10.2 Å². The van der Waals surface area contributed by atoms with E-state index < -0.39 is 0 Å². The van der Waals surface area contributed by atoms with Crippen molar-refractivity contribution < 1.29 is 14.3 Å². The summed E-state index contributed by atoms with van der Waals surface area (Å²) in [6, 6.07) is 6.32. The number of benzene rings is 1. The van der Waals surface area contributed by atoms with Crippen molar-refractivity contribution in [3.63, 3.8) is 0 Å². The van der Waals surface area contributed by atoms with Crippen LogP contribution in [0.1, 0.15) is 37.7 Å². The van der Waals surface area contributed by atoms with E-state index in [0.717, 1.165) is 55.5 Å². The van der Waals surface area contributed by atoms with Crippen LogP contribution in [0, 0.1) is 5.92 Å². The van der Waals surface area contributed by atoms with Gasteiger partial charge in [-0.1, -0.05) is 0 Å². The molecule has 1 aromatic rings. The van der Waals surface area contributed by atoms with Crippen LogP contribution >= 0.6 is 0 Å². The third-order valence-electron chi connectivity index (χ3n) is 5.34. The van der Waals surface area contributed by atoms with Crippen LogP contribution in [0.25, 0.3) is 0 Å². The predicted molar refractivity (Wildman–Crippen MR) is 98.2 cm³/mol. The van der Waals surface area contributed by atoms with Gasteiger partial charge in [0, 0.05) is 25.6 Å². The lowest BCUT2D eigenvalue weighted by atomic mass is 10.0. The molecule has 0 unspecified atom stereocenters. The van der Waals surface area contributed by atoms with Crippen molar-refractivity contribution >= 4 is 5.91 Å². The molecule has 0 aromatic heterocycles. The van der Waals surface area contributed by atoms with Gasteiger partial charge >= 0.3 is 0 Å². The summed E-state index contributed by atoms with van der Waals surface area (Å²) in [7, 11) is 3.31. The summed E-state index contributed by atoms with van der Waals surface area (Å²) in [5.41, 5.74) is 1.02. The highest BCUT2D eigenvalue weighted by atomic mass is 16.5. The molecule has 5 nitrogen and oxygen atoms in total. The minimum Gasteiger partial charge on any atom is -0.497 e. The molecule has 1 heterocycles. The summed E-state index contributed by atoms with van der Waals surface area (Å²) >= 11 is 0. The molecule has 0 spiro atoms. The van der Waals surface area contributed by atoms with Gasteiger partial charge in [-0.25, -0.2) is 0 Å². The second-order valence-electron chi connectivity index (χ2n) is 7.18. The molecular weight excluding hydrogens is 316 g/mol. The first kappa shape index (κ1) is 18.1. The molecule has 2 aliphatic rings. The third kappa shape index (κ3) is 5.11. The first-order valence-corrected chi connectivity index (χ1v) is 9.41. The van der Waals surface area contributed by atoms with Gasteiger partial charge in [0.1, 0.15) is 11.5 Å². The number of hydrogen-bond donors (Lipinski definition) is 1. The molecule has 3 rings (SSSR count).